The fourth-order valence-electron chi connectivity index (χ4n) is 1.30. The molecule has 0 spiro atoms. The maximum absolute atomic E-state index is 11.4. The Hall–Kier alpha value is -1.68. The number of hydrogen-bond acceptors (Lipinski definition) is 4. The summed E-state index contributed by atoms with van der Waals surface area (Å²) in [6.45, 7) is 1.57. The van der Waals surface area contributed by atoms with E-state index in [2.05, 4.69) is 9.97 Å². The highest BCUT2D eigenvalue weighted by molar-refractivity contribution is 7.99. The van der Waals surface area contributed by atoms with E-state index in [1.807, 2.05) is 24.3 Å². The van der Waals surface area contributed by atoms with Crippen LogP contribution in [-0.4, -0.2) is 15.8 Å². The van der Waals surface area contributed by atoms with Crippen LogP contribution < -0.4 is 0 Å². The van der Waals surface area contributed by atoms with E-state index in [-0.39, 0.29) is 5.78 Å². The minimum atomic E-state index is 0.0620. The van der Waals surface area contributed by atoms with Crippen molar-refractivity contribution in [1.29, 1.82) is 0 Å². The Morgan fingerprint density at radius 2 is 2.06 bits per heavy atom. The second-order valence-corrected chi connectivity index (χ2v) is 4.26. The lowest BCUT2D eigenvalue weighted by Gasteiger charge is -2.04. The van der Waals surface area contributed by atoms with Gasteiger partial charge in [0.1, 0.15) is 5.03 Å². The molecule has 0 saturated heterocycles. The van der Waals surface area contributed by atoms with Crippen molar-refractivity contribution in [2.45, 2.75) is 16.8 Å². The summed E-state index contributed by atoms with van der Waals surface area (Å²) in [5.41, 5.74) is 0.721. The number of benzene rings is 1. The molecule has 80 valence electrons. The lowest BCUT2D eigenvalue weighted by molar-refractivity contribution is 0.101. The molecule has 0 aliphatic carbocycles. The van der Waals surface area contributed by atoms with Crippen LogP contribution in [0.5, 0.6) is 0 Å². The smallest absolute Gasteiger partial charge is 0.160 e. The van der Waals surface area contributed by atoms with Crippen molar-refractivity contribution in [1.82, 2.24) is 9.97 Å². The number of Topliss-reactive ketones (excluding diaryl/α,β-unsaturated/α-hetero) is 1. The largest absolute Gasteiger partial charge is 0.294 e. The van der Waals surface area contributed by atoms with Gasteiger partial charge in [-0.2, -0.15) is 0 Å². The van der Waals surface area contributed by atoms with Crippen LogP contribution in [0.3, 0.4) is 0 Å². The minimum absolute atomic E-state index is 0.0620. The molecule has 0 radical (unpaired) electrons. The fraction of sp³-hybridized carbons (Fsp3) is 0.0833. The third-order valence-electron chi connectivity index (χ3n) is 2.02. The molecule has 1 aromatic carbocycles. The first kappa shape index (κ1) is 10.8. The highest BCUT2D eigenvalue weighted by atomic mass is 32.2. The van der Waals surface area contributed by atoms with Crippen molar-refractivity contribution in [3.8, 4) is 0 Å². The molecule has 0 atom stereocenters. The van der Waals surface area contributed by atoms with Crippen molar-refractivity contribution in [2.24, 2.45) is 0 Å². The van der Waals surface area contributed by atoms with Crippen LogP contribution in [0, 0.1) is 0 Å². The summed E-state index contributed by atoms with van der Waals surface area (Å²) in [7, 11) is 0. The summed E-state index contributed by atoms with van der Waals surface area (Å²) >= 11 is 1.45. The zero-order chi connectivity index (χ0) is 11.4. The Bertz CT molecular complexity index is 499. The SMILES string of the molecule is CC(=O)c1ccccc1Sc1cnccn1. The number of hydrogen-bond donors (Lipinski definition) is 0. The van der Waals surface area contributed by atoms with Crippen LogP contribution in [0.25, 0.3) is 0 Å². The maximum atomic E-state index is 11.4. The number of carbonyl (C=O) groups excluding carboxylic acids is 1. The Morgan fingerprint density at radius 1 is 1.25 bits per heavy atom. The first-order valence-corrected chi connectivity index (χ1v) is 5.63. The molecule has 16 heavy (non-hydrogen) atoms. The molecule has 0 amide bonds. The molecule has 2 rings (SSSR count). The lowest BCUT2D eigenvalue weighted by Crippen LogP contribution is -1.94. The van der Waals surface area contributed by atoms with Gasteiger partial charge in [0.05, 0.1) is 6.20 Å². The monoisotopic (exact) mass is 230 g/mol. The molecule has 0 unspecified atom stereocenters. The minimum Gasteiger partial charge on any atom is -0.294 e. The normalized spacial score (nSPS) is 10.1. The molecule has 0 fully saturated rings. The van der Waals surface area contributed by atoms with Crippen LogP contribution in [0.15, 0.2) is 52.8 Å². The Kier molecular flexibility index (Phi) is 3.31. The molecule has 0 saturated carbocycles. The van der Waals surface area contributed by atoms with E-state index >= 15 is 0 Å². The van der Waals surface area contributed by atoms with E-state index in [1.54, 1.807) is 25.5 Å². The molecule has 0 aliphatic heterocycles. The van der Waals surface area contributed by atoms with E-state index in [0.717, 1.165) is 15.5 Å². The average molecular weight is 230 g/mol. The van der Waals surface area contributed by atoms with Crippen molar-refractivity contribution in [3.63, 3.8) is 0 Å². The Morgan fingerprint density at radius 3 is 2.75 bits per heavy atom. The summed E-state index contributed by atoms with van der Waals surface area (Å²) in [6.07, 6.45) is 4.95. The number of aromatic nitrogens is 2. The molecule has 1 heterocycles. The van der Waals surface area contributed by atoms with Gasteiger partial charge < -0.3 is 0 Å². The lowest BCUT2D eigenvalue weighted by atomic mass is 10.1. The predicted octanol–water partition coefficient (Wildman–Crippen LogP) is 2.83. The number of ketones is 1. The van der Waals surface area contributed by atoms with Gasteiger partial charge in [-0.1, -0.05) is 30.0 Å². The van der Waals surface area contributed by atoms with E-state index in [9.17, 15) is 4.79 Å². The topological polar surface area (TPSA) is 42.9 Å². The zero-order valence-electron chi connectivity index (χ0n) is 8.75. The van der Waals surface area contributed by atoms with Crippen molar-refractivity contribution in [2.75, 3.05) is 0 Å². The Balaban J connectivity index is 2.31. The maximum Gasteiger partial charge on any atom is 0.160 e. The van der Waals surface area contributed by atoms with Gasteiger partial charge in [0.2, 0.25) is 0 Å². The van der Waals surface area contributed by atoms with E-state index in [1.165, 1.54) is 11.8 Å². The summed E-state index contributed by atoms with van der Waals surface area (Å²) < 4.78 is 0. The van der Waals surface area contributed by atoms with Gasteiger partial charge in [0.25, 0.3) is 0 Å². The average Bonchev–Trinajstić information content (AvgIpc) is 2.31. The number of nitrogens with zero attached hydrogens (tertiary/aromatic N) is 2. The third kappa shape index (κ3) is 2.46. The second kappa shape index (κ2) is 4.90. The van der Waals surface area contributed by atoms with E-state index in [0.29, 0.717) is 0 Å². The van der Waals surface area contributed by atoms with Gasteiger partial charge >= 0.3 is 0 Å². The highest BCUT2D eigenvalue weighted by Crippen LogP contribution is 2.28. The standard InChI is InChI=1S/C12H10N2OS/c1-9(15)10-4-2-3-5-11(10)16-12-8-13-6-7-14-12/h2-8H,1H3. The van der Waals surface area contributed by atoms with E-state index < -0.39 is 0 Å². The summed E-state index contributed by atoms with van der Waals surface area (Å²) in [6, 6.07) is 7.50. The van der Waals surface area contributed by atoms with Gasteiger partial charge in [-0.15, -0.1) is 0 Å². The van der Waals surface area contributed by atoms with Gasteiger partial charge in [0.15, 0.2) is 5.78 Å². The first-order chi connectivity index (χ1) is 7.77. The van der Waals surface area contributed by atoms with Crippen molar-refractivity contribution >= 4 is 17.5 Å². The molecule has 4 heteroatoms. The molecule has 3 nitrogen and oxygen atoms in total. The molecule has 0 aliphatic rings. The molecule has 2 aromatic rings. The van der Waals surface area contributed by atoms with E-state index in [4.69, 9.17) is 0 Å². The summed E-state index contributed by atoms with van der Waals surface area (Å²) in [5, 5.41) is 0.788. The van der Waals surface area contributed by atoms with Gasteiger partial charge in [0, 0.05) is 22.9 Å². The number of rotatable bonds is 3. The van der Waals surface area contributed by atoms with Crippen molar-refractivity contribution in [3.05, 3.63) is 48.4 Å². The quantitative estimate of drug-likeness (QED) is 0.760. The summed E-state index contributed by atoms with van der Waals surface area (Å²) in [4.78, 5) is 20.5. The highest BCUT2D eigenvalue weighted by Gasteiger charge is 2.07. The fourth-order valence-corrected chi connectivity index (χ4v) is 2.22. The number of carbonyl (C=O) groups is 1. The summed E-state index contributed by atoms with van der Waals surface area (Å²) in [5.74, 6) is 0.0620. The van der Waals surface area contributed by atoms with Crippen LogP contribution in [0.2, 0.25) is 0 Å². The van der Waals surface area contributed by atoms with Gasteiger partial charge in [-0.05, 0) is 13.0 Å². The second-order valence-electron chi connectivity index (χ2n) is 3.20. The van der Waals surface area contributed by atoms with Crippen LogP contribution in [-0.2, 0) is 0 Å². The predicted molar refractivity (Wildman–Crippen MR) is 62.6 cm³/mol. The van der Waals surface area contributed by atoms with Crippen molar-refractivity contribution < 1.29 is 4.79 Å². The first-order valence-electron chi connectivity index (χ1n) is 4.81. The Labute approximate surface area is 97.9 Å². The van der Waals surface area contributed by atoms with Gasteiger partial charge in [-0.25, -0.2) is 4.98 Å². The molecule has 1 aromatic heterocycles. The molecular weight excluding hydrogens is 220 g/mol. The molecular formula is C12H10N2OS. The van der Waals surface area contributed by atoms with Gasteiger partial charge in [-0.3, -0.25) is 9.78 Å². The van der Waals surface area contributed by atoms with Crippen LogP contribution >= 0.6 is 11.8 Å². The zero-order valence-corrected chi connectivity index (χ0v) is 9.57. The van der Waals surface area contributed by atoms with Crippen LogP contribution in [0.4, 0.5) is 0 Å². The third-order valence-corrected chi connectivity index (χ3v) is 3.02. The molecule has 0 bridgehead atoms. The molecule has 0 N–H and O–H groups in total. The van der Waals surface area contributed by atoms with Crippen LogP contribution in [0.1, 0.15) is 17.3 Å².